The second kappa shape index (κ2) is 6.36. The van der Waals surface area contributed by atoms with Crippen molar-refractivity contribution in [2.45, 2.75) is 19.1 Å². The molecule has 1 heterocycles. The van der Waals surface area contributed by atoms with E-state index in [0.29, 0.717) is 0 Å². The Hall–Kier alpha value is -0.110. The number of benzene rings is 1. The van der Waals surface area contributed by atoms with Gasteiger partial charge in [-0.3, -0.25) is 0 Å². The first-order valence-electron chi connectivity index (χ1n) is 5.50. The summed E-state index contributed by atoms with van der Waals surface area (Å²) < 4.78 is 8.25. The number of thiophene rings is 1. The van der Waals surface area contributed by atoms with E-state index in [1.165, 1.54) is 0 Å². The lowest BCUT2D eigenvalue weighted by Gasteiger charge is -2.22. The van der Waals surface area contributed by atoms with E-state index in [1.807, 2.05) is 37.3 Å². The van der Waals surface area contributed by atoms with Gasteiger partial charge in [-0.25, -0.2) is 0 Å². The molecule has 2 unspecified atom stereocenters. The summed E-state index contributed by atoms with van der Waals surface area (Å²) in [6.45, 7) is 1.97. The number of para-hydroxylation sites is 1. The topological polar surface area (TPSA) is 35.2 Å². The van der Waals surface area contributed by atoms with Gasteiger partial charge in [0.15, 0.2) is 0 Å². The Morgan fingerprint density at radius 1 is 1.28 bits per heavy atom. The summed E-state index contributed by atoms with van der Waals surface area (Å²) in [6, 6.07) is 12.0. The molecule has 96 valence electrons. The van der Waals surface area contributed by atoms with Crippen molar-refractivity contribution in [1.82, 2.24) is 0 Å². The van der Waals surface area contributed by atoms with Crippen molar-refractivity contribution in [3.63, 3.8) is 0 Å². The molecule has 0 aliphatic heterocycles. The Labute approximate surface area is 133 Å². The lowest BCUT2D eigenvalue weighted by atomic mass is 10.1. The molecule has 0 amide bonds. The normalized spacial score (nSPS) is 14.2. The Kier molecular flexibility index (Phi) is 5.06. The Morgan fingerprint density at radius 2 is 2.00 bits per heavy atom. The molecule has 2 aromatic rings. The fourth-order valence-electron chi connectivity index (χ4n) is 1.58. The standard InChI is InChI=1S/C13H13BrINOS/c1-8(16)13(11-6-7-12(14)18-11)17-10-5-3-2-4-9(10)15/h2-8,13H,16H2,1H3. The number of halogens is 2. The molecular formula is C13H13BrINOS. The molecule has 0 aliphatic rings. The van der Waals surface area contributed by atoms with E-state index in [-0.39, 0.29) is 12.1 Å². The molecule has 0 saturated carbocycles. The SMILES string of the molecule is CC(N)C(Oc1ccccc1I)c1ccc(Br)s1. The van der Waals surface area contributed by atoms with Crippen molar-refractivity contribution < 1.29 is 4.74 Å². The molecule has 0 saturated heterocycles. The van der Waals surface area contributed by atoms with Crippen LogP contribution in [0.1, 0.15) is 17.9 Å². The maximum Gasteiger partial charge on any atom is 0.148 e. The van der Waals surface area contributed by atoms with Crippen LogP contribution in [0.2, 0.25) is 0 Å². The maximum atomic E-state index is 6.06. The summed E-state index contributed by atoms with van der Waals surface area (Å²) in [5.74, 6) is 0.880. The highest BCUT2D eigenvalue weighted by Crippen LogP contribution is 2.33. The van der Waals surface area contributed by atoms with Crippen molar-refractivity contribution in [2.75, 3.05) is 0 Å². The van der Waals surface area contributed by atoms with Crippen LogP contribution in [0.25, 0.3) is 0 Å². The minimum atomic E-state index is -0.114. The molecule has 0 radical (unpaired) electrons. The van der Waals surface area contributed by atoms with E-state index in [0.717, 1.165) is 18.0 Å². The van der Waals surface area contributed by atoms with Crippen LogP contribution in [0.5, 0.6) is 5.75 Å². The van der Waals surface area contributed by atoms with Crippen molar-refractivity contribution >= 4 is 49.9 Å². The molecular weight excluding hydrogens is 425 g/mol. The summed E-state index contributed by atoms with van der Waals surface area (Å²) in [6.07, 6.45) is -0.114. The lowest BCUT2D eigenvalue weighted by Crippen LogP contribution is -2.28. The Bertz CT molecular complexity index is 529. The zero-order chi connectivity index (χ0) is 13.1. The quantitative estimate of drug-likeness (QED) is 0.710. The molecule has 0 fully saturated rings. The second-order valence-corrected chi connectivity index (χ2v) is 7.63. The van der Waals surface area contributed by atoms with Crippen LogP contribution in [0.15, 0.2) is 40.2 Å². The van der Waals surface area contributed by atoms with Crippen molar-refractivity contribution in [1.29, 1.82) is 0 Å². The van der Waals surface area contributed by atoms with Gasteiger partial charge in [0.2, 0.25) is 0 Å². The molecule has 0 spiro atoms. The van der Waals surface area contributed by atoms with Crippen LogP contribution < -0.4 is 10.5 Å². The van der Waals surface area contributed by atoms with Gasteiger partial charge in [0.1, 0.15) is 11.9 Å². The Balaban J connectivity index is 2.25. The molecule has 2 N–H and O–H groups in total. The van der Waals surface area contributed by atoms with Gasteiger partial charge in [-0.05, 0) is 69.7 Å². The smallest absolute Gasteiger partial charge is 0.148 e. The van der Waals surface area contributed by atoms with E-state index in [1.54, 1.807) is 11.3 Å². The Morgan fingerprint density at radius 3 is 2.56 bits per heavy atom. The fraction of sp³-hybridized carbons (Fsp3) is 0.231. The predicted octanol–water partition coefficient (Wildman–Crippen LogP) is 4.58. The van der Waals surface area contributed by atoms with Gasteiger partial charge in [-0.2, -0.15) is 0 Å². The van der Waals surface area contributed by atoms with Gasteiger partial charge < -0.3 is 10.5 Å². The molecule has 5 heteroatoms. The van der Waals surface area contributed by atoms with Gasteiger partial charge in [0.05, 0.1) is 7.36 Å². The first kappa shape index (κ1) is 14.3. The van der Waals surface area contributed by atoms with Crippen LogP contribution in [0, 0.1) is 3.57 Å². The highest BCUT2D eigenvalue weighted by Gasteiger charge is 2.20. The van der Waals surface area contributed by atoms with Gasteiger partial charge in [-0.1, -0.05) is 12.1 Å². The molecule has 2 rings (SSSR count). The van der Waals surface area contributed by atoms with Crippen molar-refractivity contribution in [3.05, 3.63) is 48.6 Å². The van der Waals surface area contributed by atoms with E-state index in [4.69, 9.17) is 10.5 Å². The number of ether oxygens (including phenoxy) is 1. The van der Waals surface area contributed by atoms with Gasteiger partial charge in [0, 0.05) is 10.9 Å². The first-order chi connectivity index (χ1) is 8.58. The number of hydrogen-bond acceptors (Lipinski definition) is 3. The highest BCUT2D eigenvalue weighted by molar-refractivity contribution is 14.1. The maximum absolute atomic E-state index is 6.06. The third-order valence-electron chi connectivity index (χ3n) is 2.44. The predicted molar refractivity (Wildman–Crippen MR) is 88.2 cm³/mol. The molecule has 2 atom stereocenters. The lowest BCUT2D eigenvalue weighted by molar-refractivity contribution is 0.182. The van der Waals surface area contributed by atoms with E-state index < -0.39 is 0 Å². The summed E-state index contributed by atoms with van der Waals surface area (Å²) >= 11 is 7.40. The first-order valence-corrected chi connectivity index (χ1v) is 8.19. The third kappa shape index (κ3) is 3.46. The fourth-order valence-corrected chi connectivity index (χ4v) is 3.67. The molecule has 0 bridgehead atoms. The average Bonchev–Trinajstić information content (AvgIpc) is 2.74. The summed E-state index contributed by atoms with van der Waals surface area (Å²) in [5, 5.41) is 0. The van der Waals surface area contributed by atoms with Crippen LogP contribution in [0.4, 0.5) is 0 Å². The van der Waals surface area contributed by atoms with E-state index in [2.05, 4.69) is 44.6 Å². The summed E-state index contributed by atoms with van der Waals surface area (Å²) in [7, 11) is 0. The van der Waals surface area contributed by atoms with Crippen molar-refractivity contribution in [3.8, 4) is 5.75 Å². The second-order valence-electron chi connectivity index (χ2n) is 3.97. The summed E-state index contributed by atoms with van der Waals surface area (Å²) in [4.78, 5) is 1.14. The van der Waals surface area contributed by atoms with Crippen LogP contribution >= 0.6 is 49.9 Å². The van der Waals surface area contributed by atoms with Gasteiger partial charge in [-0.15, -0.1) is 11.3 Å². The molecule has 18 heavy (non-hydrogen) atoms. The van der Waals surface area contributed by atoms with Gasteiger partial charge >= 0.3 is 0 Å². The third-order valence-corrected chi connectivity index (χ3v) is 5.02. The monoisotopic (exact) mass is 437 g/mol. The largest absolute Gasteiger partial charge is 0.482 e. The van der Waals surface area contributed by atoms with Crippen molar-refractivity contribution in [2.24, 2.45) is 5.73 Å². The average molecular weight is 438 g/mol. The molecule has 1 aromatic carbocycles. The zero-order valence-corrected chi connectivity index (χ0v) is 14.3. The van der Waals surface area contributed by atoms with Crippen LogP contribution in [-0.2, 0) is 0 Å². The minimum absolute atomic E-state index is 0.0634. The number of rotatable bonds is 4. The molecule has 2 nitrogen and oxygen atoms in total. The van der Waals surface area contributed by atoms with Crippen LogP contribution in [0.3, 0.4) is 0 Å². The summed E-state index contributed by atoms with van der Waals surface area (Å²) in [5.41, 5.74) is 6.04. The van der Waals surface area contributed by atoms with E-state index in [9.17, 15) is 0 Å². The van der Waals surface area contributed by atoms with E-state index >= 15 is 0 Å². The highest BCUT2D eigenvalue weighted by atomic mass is 127. The number of hydrogen-bond donors (Lipinski definition) is 1. The zero-order valence-electron chi connectivity index (χ0n) is 9.77. The number of nitrogens with two attached hydrogens (primary N) is 1. The molecule has 0 aliphatic carbocycles. The molecule has 1 aromatic heterocycles. The van der Waals surface area contributed by atoms with Gasteiger partial charge in [0.25, 0.3) is 0 Å². The minimum Gasteiger partial charge on any atom is -0.482 e. The van der Waals surface area contributed by atoms with Crippen LogP contribution in [-0.4, -0.2) is 6.04 Å².